The third-order valence-electron chi connectivity index (χ3n) is 3.73. The molecular formula is C13H17N5O2. The molecule has 106 valence electrons. The fraction of sp³-hybridized carbons (Fsp3) is 0.385. The van der Waals surface area contributed by atoms with Crippen LogP contribution in [0.1, 0.15) is 6.42 Å². The average molecular weight is 275 g/mol. The zero-order valence-electron chi connectivity index (χ0n) is 11.2. The molecule has 2 heterocycles. The predicted octanol–water partition coefficient (Wildman–Crippen LogP) is 1.00. The van der Waals surface area contributed by atoms with Crippen LogP contribution in [0.3, 0.4) is 0 Å². The number of nitrogens with zero attached hydrogens (tertiary/aromatic N) is 3. The summed E-state index contributed by atoms with van der Waals surface area (Å²) in [5.41, 5.74) is 7.93. The van der Waals surface area contributed by atoms with Gasteiger partial charge in [-0.25, -0.2) is 4.79 Å². The molecule has 1 aromatic carbocycles. The van der Waals surface area contributed by atoms with Crippen LogP contribution in [0.2, 0.25) is 0 Å². The van der Waals surface area contributed by atoms with Crippen molar-refractivity contribution < 1.29 is 9.90 Å². The number of fused-ring (bicyclic) bond motifs is 1. The lowest BCUT2D eigenvalue weighted by Gasteiger charge is -2.20. The number of rotatable bonds is 2. The molecule has 0 unspecified atom stereocenters. The van der Waals surface area contributed by atoms with Crippen LogP contribution in [0, 0.1) is 0 Å². The van der Waals surface area contributed by atoms with E-state index in [2.05, 4.69) is 15.3 Å². The van der Waals surface area contributed by atoms with Gasteiger partial charge < -0.3 is 21.1 Å². The first-order valence-corrected chi connectivity index (χ1v) is 6.52. The summed E-state index contributed by atoms with van der Waals surface area (Å²) in [6, 6.07) is 5.89. The monoisotopic (exact) mass is 275 g/mol. The first kappa shape index (κ1) is 12.6. The van der Waals surface area contributed by atoms with Gasteiger partial charge in [-0.3, -0.25) is 4.68 Å². The van der Waals surface area contributed by atoms with Gasteiger partial charge in [-0.1, -0.05) is 6.07 Å². The molecule has 0 bridgehead atoms. The summed E-state index contributed by atoms with van der Waals surface area (Å²) < 4.78 is 1.78. The molecule has 1 aliphatic heterocycles. The summed E-state index contributed by atoms with van der Waals surface area (Å²) in [6.07, 6.45) is -0.171. The van der Waals surface area contributed by atoms with Gasteiger partial charge in [-0.15, -0.1) is 0 Å². The molecule has 7 nitrogen and oxygen atoms in total. The second kappa shape index (κ2) is 4.59. The average Bonchev–Trinajstić information content (AvgIpc) is 2.95. The fourth-order valence-corrected chi connectivity index (χ4v) is 2.87. The lowest BCUT2D eigenvalue weighted by atomic mass is 10.2. The van der Waals surface area contributed by atoms with Crippen molar-refractivity contribution in [1.82, 2.24) is 15.1 Å². The summed E-state index contributed by atoms with van der Waals surface area (Å²) in [4.78, 5) is 12.9. The van der Waals surface area contributed by atoms with Crippen molar-refractivity contribution in [1.29, 1.82) is 0 Å². The number of carbonyl (C=O) groups is 1. The number of nitrogens with one attached hydrogen (secondary N) is 1. The van der Waals surface area contributed by atoms with Crippen LogP contribution >= 0.6 is 0 Å². The number of benzene rings is 1. The third-order valence-corrected chi connectivity index (χ3v) is 3.73. The maximum atomic E-state index is 10.7. The van der Waals surface area contributed by atoms with Gasteiger partial charge in [0.15, 0.2) is 5.82 Å². The first-order valence-electron chi connectivity index (χ1n) is 6.52. The molecule has 20 heavy (non-hydrogen) atoms. The lowest BCUT2D eigenvalue weighted by molar-refractivity contribution is 0.191. The van der Waals surface area contributed by atoms with Gasteiger partial charge in [-0.2, -0.15) is 5.10 Å². The lowest BCUT2D eigenvalue weighted by Crippen LogP contribution is -2.36. The minimum Gasteiger partial charge on any atom is -0.465 e. The number of anilines is 2. The normalized spacial score (nSPS) is 18.6. The van der Waals surface area contributed by atoms with Gasteiger partial charge in [0.25, 0.3) is 0 Å². The Morgan fingerprint density at radius 3 is 3.10 bits per heavy atom. The molecule has 1 atom stereocenters. The van der Waals surface area contributed by atoms with E-state index in [0.29, 0.717) is 12.4 Å². The number of nitrogen functional groups attached to an aromatic ring is 1. The van der Waals surface area contributed by atoms with E-state index in [1.54, 1.807) is 4.68 Å². The Bertz CT molecular complexity index is 666. The van der Waals surface area contributed by atoms with Crippen molar-refractivity contribution in [3.05, 3.63) is 18.2 Å². The number of para-hydroxylation sites is 1. The minimum absolute atomic E-state index is 0.0340. The highest BCUT2D eigenvalue weighted by molar-refractivity contribution is 5.97. The summed E-state index contributed by atoms with van der Waals surface area (Å²) in [7, 11) is 1.87. The Labute approximate surface area is 116 Å². The Morgan fingerprint density at radius 1 is 1.55 bits per heavy atom. The van der Waals surface area contributed by atoms with Crippen molar-refractivity contribution in [2.24, 2.45) is 7.05 Å². The van der Waals surface area contributed by atoms with E-state index in [-0.39, 0.29) is 6.04 Å². The topological polar surface area (TPSA) is 96.4 Å². The van der Waals surface area contributed by atoms with Gasteiger partial charge in [0.1, 0.15) is 0 Å². The smallest absolute Gasteiger partial charge is 0.404 e. The molecule has 4 N–H and O–H groups in total. The van der Waals surface area contributed by atoms with Crippen LogP contribution in [-0.4, -0.2) is 40.1 Å². The van der Waals surface area contributed by atoms with Crippen molar-refractivity contribution in [2.75, 3.05) is 23.7 Å². The highest BCUT2D eigenvalue weighted by atomic mass is 16.4. The highest BCUT2D eigenvalue weighted by Crippen LogP contribution is 2.31. The molecule has 3 rings (SSSR count). The molecule has 0 saturated carbocycles. The van der Waals surface area contributed by atoms with Crippen molar-refractivity contribution >= 4 is 28.5 Å². The number of carboxylic acid groups (broad SMARTS) is 1. The van der Waals surface area contributed by atoms with Crippen LogP contribution in [0.25, 0.3) is 10.9 Å². The van der Waals surface area contributed by atoms with E-state index in [0.717, 1.165) is 29.6 Å². The summed E-state index contributed by atoms with van der Waals surface area (Å²) in [5.74, 6) is 0.517. The van der Waals surface area contributed by atoms with Gasteiger partial charge >= 0.3 is 6.09 Å². The van der Waals surface area contributed by atoms with E-state index >= 15 is 0 Å². The van der Waals surface area contributed by atoms with E-state index in [9.17, 15) is 4.79 Å². The summed E-state index contributed by atoms with van der Waals surface area (Å²) in [5, 5.41) is 16.5. The predicted molar refractivity (Wildman–Crippen MR) is 76.9 cm³/mol. The van der Waals surface area contributed by atoms with Gasteiger partial charge in [-0.05, 0) is 18.6 Å². The second-order valence-corrected chi connectivity index (χ2v) is 5.06. The SMILES string of the molecule is Cn1nc(N)c2cccc(N3CC[C@@H](NC(=O)O)C3)c21. The molecule has 2 aromatic rings. The van der Waals surface area contributed by atoms with E-state index in [4.69, 9.17) is 10.8 Å². The molecule has 1 aliphatic rings. The number of hydrogen-bond acceptors (Lipinski definition) is 4. The zero-order chi connectivity index (χ0) is 14.3. The number of aromatic nitrogens is 2. The fourth-order valence-electron chi connectivity index (χ4n) is 2.87. The maximum absolute atomic E-state index is 10.7. The van der Waals surface area contributed by atoms with Gasteiger partial charge in [0.2, 0.25) is 0 Å². The first-order chi connectivity index (χ1) is 9.56. The zero-order valence-corrected chi connectivity index (χ0v) is 11.2. The molecule has 0 radical (unpaired) electrons. The number of nitrogens with two attached hydrogens (primary N) is 1. The summed E-state index contributed by atoms with van der Waals surface area (Å²) >= 11 is 0. The largest absolute Gasteiger partial charge is 0.465 e. The molecule has 1 fully saturated rings. The van der Waals surface area contributed by atoms with Crippen LogP contribution in [0.5, 0.6) is 0 Å². The Kier molecular flexibility index (Phi) is 2.89. The molecule has 0 aliphatic carbocycles. The van der Waals surface area contributed by atoms with E-state index in [1.807, 2.05) is 25.2 Å². The quantitative estimate of drug-likeness (QED) is 0.760. The molecule has 1 saturated heterocycles. The Morgan fingerprint density at radius 2 is 2.35 bits per heavy atom. The molecular weight excluding hydrogens is 258 g/mol. The number of aryl methyl sites for hydroxylation is 1. The van der Waals surface area contributed by atoms with Crippen molar-refractivity contribution in [3.63, 3.8) is 0 Å². The molecule has 1 aromatic heterocycles. The van der Waals surface area contributed by atoms with Crippen molar-refractivity contribution in [3.8, 4) is 0 Å². The highest BCUT2D eigenvalue weighted by Gasteiger charge is 2.26. The van der Waals surface area contributed by atoms with Gasteiger partial charge in [0, 0.05) is 25.5 Å². The van der Waals surface area contributed by atoms with Gasteiger partial charge in [0.05, 0.1) is 17.2 Å². The standard InChI is InChI=1S/C13H17N5O2/c1-17-11-9(12(14)16-17)3-2-4-10(11)18-6-5-8(7-18)15-13(19)20/h2-4,8,15H,5-7H2,1H3,(H2,14,16)(H,19,20)/t8-/m1/s1. The number of amides is 1. The van der Waals surface area contributed by atoms with Crippen LogP contribution in [0.15, 0.2) is 18.2 Å². The minimum atomic E-state index is -0.972. The Balaban J connectivity index is 1.94. The molecule has 0 spiro atoms. The van der Waals surface area contributed by atoms with E-state index in [1.165, 1.54) is 0 Å². The van der Waals surface area contributed by atoms with Crippen LogP contribution < -0.4 is 16.0 Å². The van der Waals surface area contributed by atoms with E-state index < -0.39 is 6.09 Å². The molecule has 1 amide bonds. The van der Waals surface area contributed by atoms with Crippen molar-refractivity contribution in [2.45, 2.75) is 12.5 Å². The molecule has 7 heteroatoms. The van der Waals surface area contributed by atoms with Crippen LogP contribution in [-0.2, 0) is 7.05 Å². The second-order valence-electron chi connectivity index (χ2n) is 5.06. The number of hydrogen-bond donors (Lipinski definition) is 3. The third kappa shape index (κ3) is 2.01. The Hall–Kier alpha value is -2.44. The van der Waals surface area contributed by atoms with Crippen LogP contribution in [0.4, 0.5) is 16.3 Å². The maximum Gasteiger partial charge on any atom is 0.404 e. The summed E-state index contributed by atoms with van der Waals surface area (Å²) in [6.45, 7) is 1.48.